The third-order valence-electron chi connectivity index (χ3n) is 4.05. The lowest BCUT2D eigenvalue weighted by Gasteiger charge is -2.46. The molecule has 104 valence electrons. The molecule has 1 atom stereocenters. The van der Waals surface area contributed by atoms with Gasteiger partial charge in [0.25, 0.3) is 0 Å². The zero-order valence-electron chi connectivity index (χ0n) is 11.2. The molecule has 4 nitrogen and oxygen atoms in total. The van der Waals surface area contributed by atoms with Crippen molar-refractivity contribution in [2.75, 3.05) is 32.7 Å². The number of aromatic amines is 1. The van der Waals surface area contributed by atoms with E-state index in [1.165, 1.54) is 18.8 Å². The standard InChI is InChI=1S/C13H19BrN4S/c1-2-3-9-11(14)13(19)16-12(15-9)10-8-17-4-6-18(10)7-5-17/h10H,2-8H2,1H3,(H,15,16,19). The van der Waals surface area contributed by atoms with E-state index in [2.05, 4.69) is 42.6 Å². The van der Waals surface area contributed by atoms with Crippen molar-refractivity contribution >= 4 is 28.1 Å². The first-order valence-electron chi connectivity index (χ1n) is 6.94. The van der Waals surface area contributed by atoms with Crippen LogP contribution in [0.15, 0.2) is 4.47 Å². The average molecular weight is 343 g/mol. The van der Waals surface area contributed by atoms with Gasteiger partial charge >= 0.3 is 0 Å². The Hall–Kier alpha value is -0.300. The zero-order valence-corrected chi connectivity index (χ0v) is 13.6. The van der Waals surface area contributed by atoms with Gasteiger partial charge in [-0.05, 0) is 22.4 Å². The van der Waals surface area contributed by atoms with Gasteiger partial charge < -0.3 is 4.98 Å². The van der Waals surface area contributed by atoms with Gasteiger partial charge in [-0.25, -0.2) is 4.98 Å². The van der Waals surface area contributed by atoms with E-state index < -0.39 is 0 Å². The van der Waals surface area contributed by atoms with E-state index in [1.807, 2.05) is 0 Å². The number of fused-ring (bicyclic) bond motifs is 3. The maximum absolute atomic E-state index is 5.39. The van der Waals surface area contributed by atoms with Crippen molar-refractivity contribution < 1.29 is 0 Å². The van der Waals surface area contributed by atoms with Crippen molar-refractivity contribution in [2.45, 2.75) is 25.8 Å². The number of nitrogens with zero attached hydrogens (tertiary/aromatic N) is 3. The molecule has 3 fully saturated rings. The third-order valence-corrected chi connectivity index (χ3v) is 5.46. The summed E-state index contributed by atoms with van der Waals surface area (Å²) in [5.74, 6) is 1.04. The Balaban J connectivity index is 1.94. The van der Waals surface area contributed by atoms with Crippen LogP contribution in [0, 0.1) is 4.64 Å². The van der Waals surface area contributed by atoms with E-state index in [1.54, 1.807) is 0 Å². The van der Waals surface area contributed by atoms with Crippen molar-refractivity contribution in [3.05, 3.63) is 20.6 Å². The topological polar surface area (TPSA) is 35.2 Å². The second kappa shape index (κ2) is 5.60. The minimum absolute atomic E-state index is 0.382. The van der Waals surface area contributed by atoms with Crippen LogP contribution in [0.2, 0.25) is 0 Å². The predicted octanol–water partition coefficient (Wildman–Crippen LogP) is 2.53. The van der Waals surface area contributed by atoms with Gasteiger partial charge in [-0.3, -0.25) is 9.80 Å². The van der Waals surface area contributed by atoms with E-state index >= 15 is 0 Å². The highest BCUT2D eigenvalue weighted by atomic mass is 79.9. The normalized spacial score (nSPS) is 29.7. The molecule has 0 aromatic carbocycles. The summed E-state index contributed by atoms with van der Waals surface area (Å²) in [5, 5.41) is 0. The second-order valence-electron chi connectivity index (χ2n) is 5.32. The van der Waals surface area contributed by atoms with Crippen molar-refractivity contribution in [3.8, 4) is 0 Å². The molecule has 3 saturated heterocycles. The summed E-state index contributed by atoms with van der Waals surface area (Å²) in [7, 11) is 0. The minimum atomic E-state index is 0.382. The van der Waals surface area contributed by atoms with Gasteiger partial charge in [0, 0.05) is 38.4 Å². The Kier molecular flexibility index (Phi) is 4.03. The van der Waals surface area contributed by atoms with E-state index in [9.17, 15) is 0 Å². The molecule has 0 amide bonds. The molecule has 0 spiro atoms. The van der Waals surface area contributed by atoms with Gasteiger partial charge in [0.1, 0.15) is 10.5 Å². The molecule has 1 unspecified atom stereocenters. The van der Waals surface area contributed by atoms with E-state index in [-0.39, 0.29) is 0 Å². The van der Waals surface area contributed by atoms with Crippen LogP contribution in [0.4, 0.5) is 0 Å². The molecule has 4 heterocycles. The summed E-state index contributed by atoms with van der Waals surface area (Å²) in [5.41, 5.74) is 1.19. The number of rotatable bonds is 3. The Morgan fingerprint density at radius 1 is 1.37 bits per heavy atom. The monoisotopic (exact) mass is 342 g/mol. The molecule has 1 N–H and O–H groups in total. The van der Waals surface area contributed by atoms with Crippen LogP contribution in [0.5, 0.6) is 0 Å². The number of hydrogen-bond donors (Lipinski definition) is 1. The average Bonchev–Trinajstić information content (AvgIpc) is 2.45. The van der Waals surface area contributed by atoms with Crippen molar-refractivity contribution in [2.24, 2.45) is 0 Å². The summed E-state index contributed by atoms with van der Waals surface area (Å²) in [6, 6.07) is 0.382. The van der Waals surface area contributed by atoms with Crippen LogP contribution in [0.3, 0.4) is 0 Å². The minimum Gasteiger partial charge on any atom is -0.345 e. The molecule has 0 aliphatic carbocycles. The molecule has 3 aliphatic heterocycles. The van der Waals surface area contributed by atoms with Crippen LogP contribution < -0.4 is 0 Å². The smallest absolute Gasteiger partial charge is 0.144 e. The lowest BCUT2D eigenvalue weighted by molar-refractivity contribution is 0.00849. The lowest BCUT2D eigenvalue weighted by atomic mass is 10.1. The first-order valence-corrected chi connectivity index (χ1v) is 8.14. The number of halogens is 1. The SMILES string of the molecule is CCCc1[nH]c(C2CN3CCN2CC3)nc(=S)c1Br. The summed E-state index contributed by atoms with van der Waals surface area (Å²) in [6.07, 6.45) is 2.12. The number of aryl methyl sites for hydroxylation is 1. The molecule has 6 heteroatoms. The number of aromatic nitrogens is 2. The molecule has 2 bridgehead atoms. The van der Waals surface area contributed by atoms with Gasteiger partial charge in [-0.1, -0.05) is 25.6 Å². The number of piperazine rings is 3. The van der Waals surface area contributed by atoms with Gasteiger partial charge in [-0.2, -0.15) is 0 Å². The number of H-pyrrole nitrogens is 1. The van der Waals surface area contributed by atoms with Gasteiger partial charge in [0.2, 0.25) is 0 Å². The molecular weight excluding hydrogens is 324 g/mol. The summed E-state index contributed by atoms with van der Waals surface area (Å²) in [4.78, 5) is 13.2. The summed E-state index contributed by atoms with van der Waals surface area (Å²) >= 11 is 8.95. The van der Waals surface area contributed by atoms with E-state index in [4.69, 9.17) is 12.2 Å². The Morgan fingerprint density at radius 3 is 2.68 bits per heavy atom. The maximum atomic E-state index is 5.39. The summed E-state index contributed by atoms with van der Waals surface area (Å²) in [6.45, 7) is 7.93. The lowest BCUT2D eigenvalue weighted by Crippen LogP contribution is -2.57. The largest absolute Gasteiger partial charge is 0.345 e. The van der Waals surface area contributed by atoms with Crippen LogP contribution in [0.25, 0.3) is 0 Å². The quantitative estimate of drug-likeness (QED) is 0.856. The van der Waals surface area contributed by atoms with Crippen molar-refractivity contribution in [1.29, 1.82) is 0 Å². The first-order chi connectivity index (χ1) is 9.19. The second-order valence-corrected chi connectivity index (χ2v) is 6.50. The van der Waals surface area contributed by atoms with Gasteiger partial charge in [0.15, 0.2) is 0 Å². The Labute approximate surface area is 127 Å². The highest BCUT2D eigenvalue weighted by molar-refractivity contribution is 9.10. The molecule has 1 aromatic rings. The highest BCUT2D eigenvalue weighted by Gasteiger charge is 2.34. The Morgan fingerprint density at radius 2 is 2.11 bits per heavy atom. The molecule has 3 aliphatic rings. The fourth-order valence-corrected chi connectivity index (χ4v) is 3.59. The molecule has 0 saturated carbocycles. The van der Waals surface area contributed by atoms with Crippen LogP contribution in [-0.2, 0) is 6.42 Å². The van der Waals surface area contributed by atoms with Gasteiger partial charge in [-0.15, -0.1) is 0 Å². The maximum Gasteiger partial charge on any atom is 0.144 e. The molecule has 19 heavy (non-hydrogen) atoms. The van der Waals surface area contributed by atoms with E-state index in [0.717, 1.165) is 42.8 Å². The van der Waals surface area contributed by atoms with Gasteiger partial charge in [0.05, 0.1) is 10.5 Å². The Bertz CT molecular complexity index is 522. The van der Waals surface area contributed by atoms with Crippen LogP contribution >= 0.6 is 28.1 Å². The number of hydrogen-bond acceptors (Lipinski definition) is 4. The van der Waals surface area contributed by atoms with Crippen molar-refractivity contribution in [3.63, 3.8) is 0 Å². The molecule has 4 rings (SSSR count). The number of nitrogens with one attached hydrogen (secondary N) is 1. The van der Waals surface area contributed by atoms with E-state index in [0.29, 0.717) is 10.7 Å². The van der Waals surface area contributed by atoms with Crippen LogP contribution in [0.1, 0.15) is 30.9 Å². The fraction of sp³-hybridized carbons (Fsp3) is 0.692. The molecular formula is C13H19BrN4S. The predicted molar refractivity (Wildman–Crippen MR) is 81.9 cm³/mol. The fourth-order valence-electron chi connectivity index (χ4n) is 2.98. The molecule has 1 aromatic heterocycles. The first kappa shape index (κ1) is 13.7. The van der Waals surface area contributed by atoms with Crippen LogP contribution in [-0.4, -0.2) is 52.5 Å². The van der Waals surface area contributed by atoms with Crippen molar-refractivity contribution in [1.82, 2.24) is 19.8 Å². The zero-order chi connectivity index (χ0) is 13.4. The third kappa shape index (κ3) is 2.63. The summed E-state index contributed by atoms with van der Waals surface area (Å²) < 4.78 is 1.65. The molecule has 0 radical (unpaired) electrons. The highest BCUT2D eigenvalue weighted by Crippen LogP contribution is 2.28.